The molecular formula is C13H13Cl2N3O2. The van der Waals surface area contributed by atoms with Crippen molar-refractivity contribution in [3.05, 3.63) is 45.5 Å². The zero-order valence-corrected chi connectivity index (χ0v) is 12.1. The summed E-state index contributed by atoms with van der Waals surface area (Å²) in [5, 5.41) is 8.44. The topological polar surface area (TPSA) is 60.2 Å². The molecule has 1 aliphatic rings. The highest BCUT2D eigenvalue weighted by Gasteiger charge is 2.21. The van der Waals surface area contributed by atoms with Crippen LogP contribution in [-0.2, 0) is 11.2 Å². The first-order chi connectivity index (χ1) is 9.74. The molecule has 0 spiro atoms. The second kappa shape index (κ2) is 6.10. The molecule has 1 N–H and O–H groups in total. The second-order valence-electron chi connectivity index (χ2n) is 4.50. The monoisotopic (exact) mass is 313 g/mol. The maximum Gasteiger partial charge on any atom is 0.231 e. The van der Waals surface area contributed by atoms with Crippen molar-refractivity contribution in [2.75, 3.05) is 19.8 Å². The molecule has 1 fully saturated rings. The van der Waals surface area contributed by atoms with E-state index in [4.69, 9.17) is 32.5 Å². The lowest BCUT2D eigenvalue weighted by Crippen LogP contribution is -2.35. The zero-order chi connectivity index (χ0) is 13.9. The van der Waals surface area contributed by atoms with Gasteiger partial charge in [0.2, 0.25) is 5.89 Å². The van der Waals surface area contributed by atoms with E-state index >= 15 is 0 Å². The number of halogens is 2. The molecule has 0 radical (unpaired) electrons. The Kier molecular flexibility index (Phi) is 4.21. The molecule has 1 aromatic heterocycles. The first kappa shape index (κ1) is 13.8. The molecule has 1 aliphatic heterocycles. The summed E-state index contributed by atoms with van der Waals surface area (Å²) in [6, 6.07) is 5.35. The Morgan fingerprint density at radius 2 is 2.10 bits per heavy atom. The summed E-state index contributed by atoms with van der Waals surface area (Å²) >= 11 is 12.3. The molecule has 0 aliphatic carbocycles. The van der Waals surface area contributed by atoms with Crippen LogP contribution < -0.4 is 5.32 Å². The van der Waals surface area contributed by atoms with Gasteiger partial charge in [-0.25, -0.2) is 0 Å². The van der Waals surface area contributed by atoms with Gasteiger partial charge in [-0.2, -0.15) is 4.98 Å². The first-order valence-electron chi connectivity index (χ1n) is 6.30. The van der Waals surface area contributed by atoms with Crippen LogP contribution >= 0.6 is 23.2 Å². The maximum absolute atomic E-state index is 6.13. The van der Waals surface area contributed by atoms with Crippen LogP contribution in [0.1, 0.15) is 23.3 Å². The van der Waals surface area contributed by atoms with Crippen LogP contribution in [0.15, 0.2) is 22.7 Å². The summed E-state index contributed by atoms with van der Waals surface area (Å²) in [5.74, 6) is 1.09. The van der Waals surface area contributed by atoms with Gasteiger partial charge in [-0.15, -0.1) is 0 Å². The number of rotatable bonds is 3. The number of aromatic nitrogens is 2. The van der Waals surface area contributed by atoms with Crippen LogP contribution in [0.4, 0.5) is 0 Å². The Bertz CT molecular complexity index is 577. The van der Waals surface area contributed by atoms with E-state index in [-0.39, 0.29) is 6.04 Å². The van der Waals surface area contributed by atoms with Crippen molar-refractivity contribution in [2.45, 2.75) is 12.5 Å². The third-order valence-electron chi connectivity index (χ3n) is 3.11. The zero-order valence-electron chi connectivity index (χ0n) is 10.6. The van der Waals surface area contributed by atoms with Crippen molar-refractivity contribution < 1.29 is 9.26 Å². The highest BCUT2D eigenvalue weighted by Crippen LogP contribution is 2.26. The van der Waals surface area contributed by atoms with Crippen molar-refractivity contribution in [2.24, 2.45) is 0 Å². The molecule has 2 aromatic rings. The smallest absolute Gasteiger partial charge is 0.231 e. The number of nitrogens with one attached hydrogen (secondary N) is 1. The number of morpholine rings is 1. The summed E-state index contributed by atoms with van der Waals surface area (Å²) in [6.07, 6.45) is 0.416. The maximum atomic E-state index is 6.13. The molecule has 106 valence electrons. The fraction of sp³-hybridized carbons (Fsp3) is 0.385. The van der Waals surface area contributed by atoms with Gasteiger partial charge in [0.15, 0.2) is 5.82 Å². The summed E-state index contributed by atoms with van der Waals surface area (Å²) in [7, 11) is 0. The average Bonchev–Trinajstić information content (AvgIpc) is 2.93. The van der Waals surface area contributed by atoms with Crippen LogP contribution in [0, 0.1) is 0 Å². The molecule has 0 bridgehead atoms. The molecule has 0 saturated carbocycles. The van der Waals surface area contributed by atoms with E-state index in [1.165, 1.54) is 0 Å². The van der Waals surface area contributed by atoms with Crippen LogP contribution in [0.3, 0.4) is 0 Å². The van der Waals surface area contributed by atoms with Gasteiger partial charge in [-0.1, -0.05) is 34.4 Å². The molecular weight excluding hydrogens is 301 g/mol. The molecule has 1 saturated heterocycles. The number of ether oxygens (including phenoxy) is 1. The van der Waals surface area contributed by atoms with E-state index in [1.54, 1.807) is 18.2 Å². The minimum atomic E-state index is -0.0250. The molecule has 20 heavy (non-hydrogen) atoms. The Morgan fingerprint density at radius 1 is 1.30 bits per heavy atom. The Labute approximate surface area is 126 Å². The molecule has 0 amide bonds. The van der Waals surface area contributed by atoms with Gasteiger partial charge in [0.1, 0.15) is 0 Å². The van der Waals surface area contributed by atoms with E-state index in [9.17, 15) is 0 Å². The molecule has 2 heterocycles. The van der Waals surface area contributed by atoms with Crippen molar-refractivity contribution in [3.8, 4) is 0 Å². The van der Waals surface area contributed by atoms with E-state index in [1.807, 2.05) is 0 Å². The Morgan fingerprint density at radius 3 is 2.80 bits per heavy atom. The molecule has 7 heteroatoms. The molecule has 3 rings (SSSR count). The van der Waals surface area contributed by atoms with Gasteiger partial charge in [0.05, 0.1) is 25.7 Å². The van der Waals surface area contributed by atoms with Crippen molar-refractivity contribution >= 4 is 23.2 Å². The average molecular weight is 314 g/mol. The quantitative estimate of drug-likeness (QED) is 0.944. The third kappa shape index (κ3) is 2.96. The highest BCUT2D eigenvalue weighted by atomic mass is 35.5. The lowest BCUT2D eigenvalue weighted by Gasteiger charge is -2.20. The minimum Gasteiger partial charge on any atom is -0.378 e. The van der Waals surface area contributed by atoms with Gasteiger partial charge in [0.25, 0.3) is 0 Å². The molecule has 1 atom stereocenters. The summed E-state index contributed by atoms with van der Waals surface area (Å²) in [5.41, 5.74) is 0.791. The van der Waals surface area contributed by atoms with E-state index < -0.39 is 0 Å². The van der Waals surface area contributed by atoms with Crippen LogP contribution in [0.2, 0.25) is 10.0 Å². The Balaban J connectivity index is 1.77. The second-order valence-corrected chi connectivity index (χ2v) is 5.32. The molecule has 0 unspecified atom stereocenters. The standard InChI is InChI=1S/C13H13Cl2N3O2/c14-9-2-1-3-10(15)8(9)6-12-17-13(18-20-12)11-7-19-5-4-16-11/h1-3,11,16H,4-7H2/t11-/m0/s1. The third-order valence-corrected chi connectivity index (χ3v) is 3.82. The Hall–Kier alpha value is -1.14. The van der Waals surface area contributed by atoms with Gasteiger partial charge in [0, 0.05) is 16.6 Å². The van der Waals surface area contributed by atoms with E-state index in [2.05, 4.69) is 15.5 Å². The van der Waals surface area contributed by atoms with Gasteiger partial charge >= 0.3 is 0 Å². The highest BCUT2D eigenvalue weighted by molar-refractivity contribution is 6.36. The van der Waals surface area contributed by atoms with E-state index in [0.717, 1.165) is 12.1 Å². The fourth-order valence-corrected chi connectivity index (χ4v) is 2.60. The number of hydrogen-bond acceptors (Lipinski definition) is 5. The normalized spacial score (nSPS) is 19.2. The van der Waals surface area contributed by atoms with Crippen LogP contribution in [-0.4, -0.2) is 29.9 Å². The number of nitrogens with zero attached hydrogens (tertiary/aromatic N) is 2. The van der Waals surface area contributed by atoms with Crippen LogP contribution in [0.25, 0.3) is 0 Å². The lowest BCUT2D eigenvalue weighted by molar-refractivity contribution is 0.0734. The number of hydrogen-bond donors (Lipinski definition) is 1. The summed E-state index contributed by atoms with van der Waals surface area (Å²) in [4.78, 5) is 4.37. The van der Waals surface area contributed by atoms with Gasteiger partial charge in [-0.05, 0) is 17.7 Å². The molecule has 5 nitrogen and oxygen atoms in total. The van der Waals surface area contributed by atoms with Crippen molar-refractivity contribution in [3.63, 3.8) is 0 Å². The lowest BCUT2D eigenvalue weighted by atomic mass is 10.1. The SMILES string of the molecule is Clc1cccc(Cl)c1Cc1nc([C@@H]2COCCN2)no1. The van der Waals surface area contributed by atoms with Gasteiger partial charge in [-0.3, -0.25) is 0 Å². The predicted octanol–water partition coefficient (Wildman–Crippen LogP) is 2.63. The summed E-state index contributed by atoms with van der Waals surface area (Å²) < 4.78 is 10.6. The van der Waals surface area contributed by atoms with E-state index in [0.29, 0.717) is 41.4 Å². The van der Waals surface area contributed by atoms with Crippen LogP contribution in [0.5, 0.6) is 0 Å². The minimum absolute atomic E-state index is 0.0250. The predicted molar refractivity (Wildman–Crippen MR) is 75.1 cm³/mol. The number of benzene rings is 1. The summed E-state index contributed by atoms with van der Waals surface area (Å²) in [6.45, 7) is 2.03. The van der Waals surface area contributed by atoms with Crippen molar-refractivity contribution in [1.29, 1.82) is 0 Å². The van der Waals surface area contributed by atoms with Gasteiger partial charge < -0.3 is 14.6 Å². The first-order valence-corrected chi connectivity index (χ1v) is 7.06. The van der Waals surface area contributed by atoms with Crippen molar-refractivity contribution in [1.82, 2.24) is 15.5 Å². The largest absolute Gasteiger partial charge is 0.378 e. The molecule has 1 aromatic carbocycles. The fourth-order valence-electron chi connectivity index (χ4n) is 2.07.